The quantitative estimate of drug-likeness (QED) is 0.505. The fourth-order valence-corrected chi connectivity index (χ4v) is 4.45. The van der Waals surface area contributed by atoms with Crippen LogP contribution in [0.1, 0.15) is 60.4 Å². The van der Waals surface area contributed by atoms with Crippen LogP contribution < -0.4 is 10.2 Å². The monoisotopic (exact) mass is 500 g/mol. The van der Waals surface area contributed by atoms with Crippen LogP contribution in [0.15, 0.2) is 60.9 Å². The number of benzene rings is 2. The maximum absolute atomic E-state index is 13.6. The van der Waals surface area contributed by atoms with Crippen molar-refractivity contribution in [3.63, 3.8) is 0 Å². The molecule has 194 valence electrons. The van der Waals surface area contributed by atoms with Gasteiger partial charge >= 0.3 is 0 Å². The average molecular weight is 501 g/mol. The summed E-state index contributed by atoms with van der Waals surface area (Å²) in [5, 5.41) is 12.8. The second kappa shape index (κ2) is 11.0. The molecule has 7 heteroatoms. The molecule has 37 heavy (non-hydrogen) atoms. The molecule has 2 aromatic carbocycles. The van der Waals surface area contributed by atoms with Crippen LogP contribution in [0.5, 0.6) is 5.75 Å². The van der Waals surface area contributed by atoms with E-state index in [2.05, 4.69) is 42.0 Å². The van der Waals surface area contributed by atoms with E-state index in [0.29, 0.717) is 30.8 Å². The molecule has 3 aromatic rings. The zero-order valence-corrected chi connectivity index (χ0v) is 22.1. The smallest absolute Gasteiger partial charge is 0.254 e. The number of rotatable bonds is 6. The van der Waals surface area contributed by atoms with Gasteiger partial charge in [0.2, 0.25) is 0 Å². The van der Waals surface area contributed by atoms with Gasteiger partial charge in [0.1, 0.15) is 5.75 Å². The second-order valence-electron chi connectivity index (χ2n) is 10.6. The van der Waals surface area contributed by atoms with Gasteiger partial charge < -0.3 is 20.2 Å². The predicted octanol–water partition coefficient (Wildman–Crippen LogP) is 4.85. The van der Waals surface area contributed by atoms with Crippen molar-refractivity contribution in [1.29, 1.82) is 0 Å². The number of hydrogen-bond acceptors (Lipinski definition) is 5. The van der Waals surface area contributed by atoms with Crippen LogP contribution in [0.2, 0.25) is 0 Å². The highest BCUT2D eigenvalue weighted by Gasteiger charge is 2.25. The lowest BCUT2D eigenvalue weighted by Gasteiger charge is -2.36. The lowest BCUT2D eigenvalue weighted by Crippen LogP contribution is -2.48. The summed E-state index contributed by atoms with van der Waals surface area (Å²) in [7, 11) is 0. The molecular formula is C30H36N4O3. The number of aromatic nitrogens is 1. The van der Waals surface area contributed by atoms with Gasteiger partial charge in [-0.25, -0.2) is 0 Å². The highest BCUT2D eigenvalue weighted by Crippen LogP contribution is 2.31. The summed E-state index contributed by atoms with van der Waals surface area (Å²) in [6, 6.07) is 15.3. The van der Waals surface area contributed by atoms with Gasteiger partial charge in [-0.15, -0.1) is 0 Å². The standard InChI is InChI=1S/C30H36N4O3/c1-5-10-32-28(36)21-6-8-26(9-7-21)33-11-13-34(14-12-33)29(37)23-15-22(16-25(17-23)30(2,3)4)24-18-27(35)20-31-19-24/h6-9,15-20,35H,5,10-14H2,1-4H3,(H,32,36). The number of aromatic hydroxyl groups is 1. The number of piperazine rings is 1. The van der Waals surface area contributed by atoms with Crippen LogP contribution in [-0.4, -0.2) is 59.5 Å². The van der Waals surface area contributed by atoms with Crippen molar-refractivity contribution in [2.24, 2.45) is 0 Å². The summed E-state index contributed by atoms with van der Waals surface area (Å²) >= 11 is 0. The third kappa shape index (κ3) is 6.28. The summed E-state index contributed by atoms with van der Waals surface area (Å²) in [6.45, 7) is 11.7. The molecule has 1 aliphatic heterocycles. The Balaban J connectivity index is 1.48. The van der Waals surface area contributed by atoms with E-state index in [1.54, 1.807) is 12.3 Å². The summed E-state index contributed by atoms with van der Waals surface area (Å²) < 4.78 is 0. The molecule has 4 rings (SSSR count). The topological polar surface area (TPSA) is 85.8 Å². The second-order valence-corrected chi connectivity index (χ2v) is 10.6. The highest BCUT2D eigenvalue weighted by molar-refractivity contribution is 5.96. The number of carbonyl (C=O) groups is 2. The van der Waals surface area contributed by atoms with Gasteiger partial charge in [0, 0.05) is 61.3 Å². The molecule has 0 unspecified atom stereocenters. The molecule has 2 heterocycles. The SMILES string of the molecule is CCCNC(=O)c1ccc(N2CCN(C(=O)c3cc(-c4cncc(O)c4)cc(C(C)(C)C)c3)CC2)cc1. The lowest BCUT2D eigenvalue weighted by atomic mass is 9.84. The maximum Gasteiger partial charge on any atom is 0.254 e. The van der Waals surface area contributed by atoms with Crippen molar-refractivity contribution in [3.8, 4) is 16.9 Å². The zero-order valence-electron chi connectivity index (χ0n) is 22.1. The van der Waals surface area contributed by atoms with E-state index in [1.807, 2.05) is 48.2 Å². The van der Waals surface area contributed by atoms with E-state index in [-0.39, 0.29) is 23.0 Å². The van der Waals surface area contributed by atoms with Gasteiger partial charge in [0.25, 0.3) is 11.8 Å². The van der Waals surface area contributed by atoms with E-state index >= 15 is 0 Å². The van der Waals surface area contributed by atoms with Gasteiger partial charge in [-0.3, -0.25) is 14.6 Å². The minimum absolute atomic E-state index is 0.00283. The Bertz CT molecular complexity index is 1260. The Kier molecular flexibility index (Phi) is 7.81. The van der Waals surface area contributed by atoms with Gasteiger partial charge in [0.15, 0.2) is 0 Å². The first-order chi connectivity index (χ1) is 17.7. The fraction of sp³-hybridized carbons (Fsp3) is 0.367. The Morgan fingerprint density at radius 3 is 2.24 bits per heavy atom. The minimum Gasteiger partial charge on any atom is -0.506 e. The van der Waals surface area contributed by atoms with Crippen LogP contribution in [0.3, 0.4) is 0 Å². The third-order valence-corrected chi connectivity index (χ3v) is 6.70. The van der Waals surface area contributed by atoms with E-state index in [9.17, 15) is 14.7 Å². The Morgan fingerprint density at radius 1 is 0.919 bits per heavy atom. The van der Waals surface area contributed by atoms with Crippen molar-refractivity contribution in [2.45, 2.75) is 39.5 Å². The Morgan fingerprint density at radius 2 is 1.62 bits per heavy atom. The lowest BCUT2D eigenvalue weighted by molar-refractivity contribution is 0.0746. The fourth-order valence-electron chi connectivity index (χ4n) is 4.45. The van der Waals surface area contributed by atoms with Crippen molar-refractivity contribution in [2.75, 3.05) is 37.6 Å². The van der Waals surface area contributed by atoms with Crippen molar-refractivity contribution >= 4 is 17.5 Å². The first-order valence-electron chi connectivity index (χ1n) is 12.9. The number of hydrogen-bond donors (Lipinski definition) is 2. The van der Waals surface area contributed by atoms with Crippen LogP contribution in [-0.2, 0) is 5.41 Å². The normalized spacial score (nSPS) is 13.9. The van der Waals surface area contributed by atoms with Crippen LogP contribution in [0, 0.1) is 0 Å². The van der Waals surface area contributed by atoms with Crippen molar-refractivity contribution < 1.29 is 14.7 Å². The molecule has 7 nitrogen and oxygen atoms in total. The van der Waals surface area contributed by atoms with Crippen molar-refractivity contribution in [1.82, 2.24) is 15.2 Å². The molecule has 0 atom stereocenters. The first-order valence-corrected chi connectivity index (χ1v) is 12.9. The molecule has 0 radical (unpaired) electrons. The first kappa shape index (κ1) is 26.2. The van der Waals surface area contributed by atoms with Crippen molar-refractivity contribution in [3.05, 3.63) is 77.6 Å². The number of carbonyl (C=O) groups excluding carboxylic acids is 2. The largest absolute Gasteiger partial charge is 0.506 e. The summed E-state index contributed by atoms with van der Waals surface area (Å²) in [5.74, 6) is 0.0440. The summed E-state index contributed by atoms with van der Waals surface area (Å²) in [6.07, 6.45) is 4.01. The summed E-state index contributed by atoms with van der Waals surface area (Å²) in [5.41, 5.74) is 4.89. The van der Waals surface area contributed by atoms with Gasteiger partial charge in [0.05, 0.1) is 6.20 Å². The molecular weight excluding hydrogens is 464 g/mol. The van der Waals surface area contributed by atoms with E-state index in [0.717, 1.165) is 41.9 Å². The van der Waals surface area contributed by atoms with E-state index in [4.69, 9.17) is 0 Å². The Hall–Kier alpha value is -3.87. The van der Waals surface area contributed by atoms with E-state index in [1.165, 1.54) is 6.20 Å². The molecule has 1 fully saturated rings. The number of amides is 2. The van der Waals surface area contributed by atoms with Crippen LogP contribution in [0.25, 0.3) is 11.1 Å². The molecule has 0 spiro atoms. The van der Waals surface area contributed by atoms with Gasteiger partial charge in [-0.05, 0) is 65.4 Å². The highest BCUT2D eigenvalue weighted by atomic mass is 16.3. The molecule has 1 aliphatic rings. The number of pyridine rings is 1. The number of anilines is 1. The molecule has 0 bridgehead atoms. The zero-order chi connectivity index (χ0) is 26.6. The number of nitrogens with one attached hydrogen (secondary N) is 1. The van der Waals surface area contributed by atoms with Crippen LogP contribution >= 0.6 is 0 Å². The number of nitrogens with zero attached hydrogens (tertiary/aromatic N) is 3. The van der Waals surface area contributed by atoms with Gasteiger partial charge in [-0.2, -0.15) is 0 Å². The Labute approximate surface area is 219 Å². The molecule has 0 saturated carbocycles. The third-order valence-electron chi connectivity index (χ3n) is 6.70. The summed E-state index contributed by atoms with van der Waals surface area (Å²) in [4.78, 5) is 34.0. The molecule has 1 saturated heterocycles. The predicted molar refractivity (Wildman–Crippen MR) is 147 cm³/mol. The average Bonchev–Trinajstić information content (AvgIpc) is 2.90. The van der Waals surface area contributed by atoms with Crippen LogP contribution in [0.4, 0.5) is 5.69 Å². The van der Waals surface area contributed by atoms with Gasteiger partial charge in [-0.1, -0.05) is 33.8 Å². The van der Waals surface area contributed by atoms with E-state index < -0.39 is 0 Å². The molecule has 2 amide bonds. The molecule has 0 aliphatic carbocycles. The molecule has 1 aromatic heterocycles. The maximum atomic E-state index is 13.6. The minimum atomic E-state index is -0.145. The molecule has 2 N–H and O–H groups in total.